The average molecular weight is 380 g/mol. The number of carbonyl (C=O) groups excluding carboxylic acids is 3. The first-order chi connectivity index (χ1) is 13.4. The van der Waals surface area contributed by atoms with E-state index in [9.17, 15) is 14.4 Å². The SMILES string of the molecule is COC(=O)c1ccccc1NC(=O)C1CC(=O)N(c2ccc(C(C)C)cc2)C1. The number of nitrogens with zero attached hydrogens (tertiary/aromatic N) is 1. The number of benzene rings is 2. The van der Waals surface area contributed by atoms with Crippen molar-refractivity contribution in [2.24, 2.45) is 5.92 Å². The lowest BCUT2D eigenvalue weighted by atomic mass is 10.0. The molecule has 0 bridgehead atoms. The third-order valence-corrected chi connectivity index (χ3v) is 4.96. The first-order valence-corrected chi connectivity index (χ1v) is 9.29. The fraction of sp³-hybridized carbons (Fsp3) is 0.318. The number of hydrogen-bond acceptors (Lipinski definition) is 4. The summed E-state index contributed by atoms with van der Waals surface area (Å²) >= 11 is 0. The van der Waals surface area contributed by atoms with Crippen LogP contribution in [-0.4, -0.2) is 31.4 Å². The third-order valence-electron chi connectivity index (χ3n) is 4.96. The summed E-state index contributed by atoms with van der Waals surface area (Å²) in [6.07, 6.45) is 0.137. The number of nitrogens with one attached hydrogen (secondary N) is 1. The Morgan fingerprint density at radius 2 is 1.79 bits per heavy atom. The molecule has 0 aromatic heterocycles. The molecular weight excluding hydrogens is 356 g/mol. The van der Waals surface area contributed by atoms with E-state index in [0.29, 0.717) is 18.2 Å². The van der Waals surface area contributed by atoms with E-state index in [0.717, 1.165) is 5.69 Å². The first kappa shape index (κ1) is 19.6. The molecule has 0 aliphatic carbocycles. The zero-order valence-corrected chi connectivity index (χ0v) is 16.3. The van der Waals surface area contributed by atoms with E-state index in [-0.39, 0.29) is 23.8 Å². The van der Waals surface area contributed by atoms with Crippen molar-refractivity contribution in [3.8, 4) is 0 Å². The minimum atomic E-state index is -0.523. The zero-order valence-electron chi connectivity index (χ0n) is 16.3. The highest BCUT2D eigenvalue weighted by molar-refractivity contribution is 6.06. The Kier molecular flexibility index (Phi) is 5.78. The molecule has 6 heteroatoms. The van der Waals surface area contributed by atoms with Crippen LogP contribution in [0.15, 0.2) is 48.5 Å². The molecule has 1 aliphatic rings. The van der Waals surface area contributed by atoms with Crippen molar-refractivity contribution in [2.75, 3.05) is 23.9 Å². The molecule has 1 atom stereocenters. The van der Waals surface area contributed by atoms with Crippen LogP contribution in [0.4, 0.5) is 11.4 Å². The van der Waals surface area contributed by atoms with Gasteiger partial charge in [-0.25, -0.2) is 4.79 Å². The molecule has 1 fully saturated rings. The standard InChI is InChI=1S/C22H24N2O4/c1-14(2)15-8-10-17(11-9-15)24-13-16(12-20(24)25)21(26)23-19-7-5-4-6-18(19)22(27)28-3/h4-11,14,16H,12-13H2,1-3H3,(H,23,26). The van der Waals surface area contributed by atoms with E-state index in [4.69, 9.17) is 4.74 Å². The number of amides is 2. The number of anilines is 2. The van der Waals surface area contributed by atoms with Crippen molar-refractivity contribution >= 4 is 29.2 Å². The smallest absolute Gasteiger partial charge is 0.339 e. The minimum absolute atomic E-state index is 0.0845. The van der Waals surface area contributed by atoms with Gasteiger partial charge in [0.2, 0.25) is 11.8 Å². The fourth-order valence-electron chi connectivity index (χ4n) is 3.29. The van der Waals surface area contributed by atoms with Crippen LogP contribution in [-0.2, 0) is 14.3 Å². The second kappa shape index (κ2) is 8.25. The van der Waals surface area contributed by atoms with Crippen molar-refractivity contribution in [1.29, 1.82) is 0 Å². The number of para-hydroxylation sites is 1. The topological polar surface area (TPSA) is 75.7 Å². The molecule has 1 N–H and O–H groups in total. The summed E-state index contributed by atoms with van der Waals surface area (Å²) in [6.45, 7) is 4.54. The van der Waals surface area contributed by atoms with E-state index in [1.807, 2.05) is 24.3 Å². The molecule has 2 aromatic carbocycles. The number of rotatable bonds is 5. The summed E-state index contributed by atoms with van der Waals surface area (Å²) < 4.78 is 4.75. The van der Waals surface area contributed by atoms with Crippen LogP contribution >= 0.6 is 0 Å². The molecule has 1 heterocycles. The largest absolute Gasteiger partial charge is 0.465 e. The van der Waals surface area contributed by atoms with Crippen LogP contribution < -0.4 is 10.2 Å². The molecule has 146 valence electrons. The van der Waals surface area contributed by atoms with Gasteiger partial charge in [0.25, 0.3) is 0 Å². The third kappa shape index (κ3) is 4.06. The van der Waals surface area contributed by atoms with Crippen LogP contribution in [0.1, 0.15) is 42.1 Å². The molecule has 3 rings (SSSR count). The number of hydrogen-bond donors (Lipinski definition) is 1. The van der Waals surface area contributed by atoms with Gasteiger partial charge >= 0.3 is 5.97 Å². The highest BCUT2D eigenvalue weighted by atomic mass is 16.5. The Balaban J connectivity index is 1.71. The van der Waals surface area contributed by atoms with Crippen LogP contribution in [0, 0.1) is 5.92 Å². The maximum atomic E-state index is 12.7. The lowest BCUT2D eigenvalue weighted by molar-refractivity contribution is -0.122. The van der Waals surface area contributed by atoms with E-state index in [1.165, 1.54) is 12.7 Å². The highest BCUT2D eigenvalue weighted by Crippen LogP contribution is 2.28. The molecule has 2 amide bonds. The van der Waals surface area contributed by atoms with Crippen LogP contribution in [0.5, 0.6) is 0 Å². The summed E-state index contributed by atoms with van der Waals surface area (Å²) in [5, 5.41) is 2.77. The van der Waals surface area contributed by atoms with Gasteiger partial charge in [-0.1, -0.05) is 38.1 Å². The van der Waals surface area contributed by atoms with Gasteiger partial charge in [-0.3, -0.25) is 9.59 Å². The summed E-state index contributed by atoms with van der Waals surface area (Å²) in [6, 6.07) is 14.5. The Hall–Kier alpha value is -3.15. The molecule has 1 unspecified atom stereocenters. The van der Waals surface area contributed by atoms with Crippen LogP contribution in [0.3, 0.4) is 0 Å². The van der Waals surface area contributed by atoms with Crippen molar-refractivity contribution in [3.05, 3.63) is 59.7 Å². The fourth-order valence-corrected chi connectivity index (χ4v) is 3.29. The van der Waals surface area contributed by atoms with Crippen molar-refractivity contribution in [3.63, 3.8) is 0 Å². The number of carbonyl (C=O) groups is 3. The predicted molar refractivity (Wildman–Crippen MR) is 107 cm³/mol. The van der Waals surface area contributed by atoms with Gasteiger partial charge < -0.3 is 15.0 Å². The number of esters is 1. The van der Waals surface area contributed by atoms with E-state index in [2.05, 4.69) is 19.2 Å². The lowest BCUT2D eigenvalue weighted by Crippen LogP contribution is -2.28. The van der Waals surface area contributed by atoms with E-state index < -0.39 is 11.9 Å². The molecule has 0 radical (unpaired) electrons. The summed E-state index contributed by atoms with van der Waals surface area (Å²) in [5.74, 6) is -0.963. The molecule has 0 saturated carbocycles. The Morgan fingerprint density at radius 3 is 2.43 bits per heavy atom. The predicted octanol–water partition coefficient (Wildman–Crippen LogP) is 3.59. The van der Waals surface area contributed by atoms with Gasteiger partial charge in [0, 0.05) is 18.7 Å². The zero-order chi connectivity index (χ0) is 20.3. The molecule has 0 spiro atoms. The number of methoxy groups -OCH3 is 1. The Bertz CT molecular complexity index is 890. The van der Waals surface area contributed by atoms with Gasteiger partial charge in [-0.15, -0.1) is 0 Å². The second-order valence-electron chi connectivity index (χ2n) is 7.18. The average Bonchev–Trinajstić information content (AvgIpc) is 3.09. The van der Waals surface area contributed by atoms with Crippen molar-refractivity contribution in [1.82, 2.24) is 0 Å². The molecule has 28 heavy (non-hydrogen) atoms. The summed E-state index contributed by atoms with van der Waals surface area (Å²) in [5.41, 5.74) is 2.65. The van der Waals surface area contributed by atoms with Crippen LogP contribution in [0.2, 0.25) is 0 Å². The maximum absolute atomic E-state index is 12.7. The van der Waals surface area contributed by atoms with E-state index >= 15 is 0 Å². The van der Waals surface area contributed by atoms with Gasteiger partial charge in [0.05, 0.1) is 24.3 Å². The quantitative estimate of drug-likeness (QED) is 0.805. The Morgan fingerprint density at radius 1 is 1.11 bits per heavy atom. The molecule has 2 aromatic rings. The van der Waals surface area contributed by atoms with Gasteiger partial charge in [0.15, 0.2) is 0 Å². The summed E-state index contributed by atoms with van der Waals surface area (Å²) in [4.78, 5) is 38.7. The molecular formula is C22H24N2O4. The monoisotopic (exact) mass is 380 g/mol. The minimum Gasteiger partial charge on any atom is -0.465 e. The first-order valence-electron chi connectivity index (χ1n) is 9.29. The summed E-state index contributed by atoms with van der Waals surface area (Å²) in [7, 11) is 1.29. The molecule has 1 aliphatic heterocycles. The number of ether oxygens (including phenoxy) is 1. The molecule has 1 saturated heterocycles. The molecule has 6 nitrogen and oxygen atoms in total. The van der Waals surface area contributed by atoms with Gasteiger partial charge in [-0.05, 0) is 35.7 Å². The van der Waals surface area contributed by atoms with Crippen LogP contribution in [0.25, 0.3) is 0 Å². The van der Waals surface area contributed by atoms with Gasteiger partial charge in [-0.2, -0.15) is 0 Å². The lowest BCUT2D eigenvalue weighted by Gasteiger charge is -2.18. The van der Waals surface area contributed by atoms with Crippen molar-refractivity contribution in [2.45, 2.75) is 26.2 Å². The normalized spacial score (nSPS) is 16.4. The second-order valence-corrected chi connectivity index (χ2v) is 7.18. The Labute approximate surface area is 164 Å². The van der Waals surface area contributed by atoms with Crippen molar-refractivity contribution < 1.29 is 19.1 Å². The van der Waals surface area contributed by atoms with Gasteiger partial charge in [0.1, 0.15) is 0 Å². The highest BCUT2D eigenvalue weighted by Gasteiger charge is 2.35. The maximum Gasteiger partial charge on any atom is 0.339 e. The van der Waals surface area contributed by atoms with E-state index in [1.54, 1.807) is 29.2 Å².